The molecule has 1 saturated carbocycles. The maximum atomic E-state index is 12.0. The zero-order chi connectivity index (χ0) is 12.7. The third kappa shape index (κ3) is 1.61. The second kappa shape index (κ2) is 3.76. The van der Waals surface area contributed by atoms with Gasteiger partial charge >= 0.3 is 5.97 Å². The average molecular weight is 234 g/mol. The first kappa shape index (κ1) is 12.0. The zero-order valence-corrected chi connectivity index (χ0v) is 10.7. The summed E-state index contributed by atoms with van der Waals surface area (Å²) in [4.78, 5) is 12.0. The van der Waals surface area contributed by atoms with Gasteiger partial charge in [-0.3, -0.25) is 4.79 Å². The SMILES string of the molecule is COC(=O)C1(c2cccc(OC)c2)CC1(C)C. The van der Waals surface area contributed by atoms with Crippen LogP contribution in [0.5, 0.6) is 5.75 Å². The number of ether oxygens (including phenoxy) is 2. The van der Waals surface area contributed by atoms with Crippen molar-refractivity contribution in [1.29, 1.82) is 0 Å². The van der Waals surface area contributed by atoms with Gasteiger partial charge in [-0.15, -0.1) is 0 Å². The second-order valence-electron chi connectivity index (χ2n) is 5.19. The van der Waals surface area contributed by atoms with E-state index in [1.54, 1.807) is 7.11 Å². The second-order valence-corrected chi connectivity index (χ2v) is 5.19. The molecular weight excluding hydrogens is 216 g/mol. The molecule has 0 aromatic heterocycles. The molecule has 1 atom stereocenters. The third-order valence-electron chi connectivity index (χ3n) is 3.83. The minimum atomic E-state index is -0.504. The molecule has 0 bridgehead atoms. The average Bonchev–Trinajstić information content (AvgIpc) is 2.93. The highest BCUT2D eigenvalue weighted by atomic mass is 16.5. The third-order valence-corrected chi connectivity index (χ3v) is 3.83. The first-order chi connectivity index (χ1) is 7.98. The van der Waals surface area contributed by atoms with Crippen LogP contribution in [0.4, 0.5) is 0 Å². The molecule has 1 aromatic carbocycles. The number of carbonyl (C=O) groups is 1. The highest BCUT2D eigenvalue weighted by Crippen LogP contribution is 2.65. The van der Waals surface area contributed by atoms with Crippen LogP contribution in [-0.4, -0.2) is 20.2 Å². The van der Waals surface area contributed by atoms with Gasteiger partial charge in [0.25, 0.3) is 0 Å². The summed E-state index contributed by atoms with van der Waals surface area (Å²) in [5.41, 5.74) is 0.427. The number of carbonyl (C=O) groups excluding carboxylic acids is 1. The smallest absolute Gasteiger partial charge is 0.316 e. The summed E-state index contributed by atoms with van der Waals surface area (Å²) < 4.78 is 10.2. The Morgan fingerprint density at radius 1 is 1.29 bits per heavy atom. The molecule has 0 radical (unpaired) electrons. The van der Waals surface area contributed by atoms with Crippen LogP contribution in [0.1, 0.15) is 25.8 Å². The molecule has 2 rings (SSSR count). The minimum Gasteiger partial charge on any atom is -0.497 e. The molecule has 0 N–H and O–H groups in total. The fraction of sp³-hybridized carbons (Fsp3) is 0.500. The van der Waals surface area contributed by atoms with E-state index in [0.717, 1.165) is 17.7 Å². The Kier molecular flexibility index (Phi) is 2.64. The van der Waals surface area contributed by atoms with Gasteiger partial charge < -0.3 is 9.47 Å². The van der Waals surface area contributed by atoms with Crippen molar-refractivity contribution in [2.24, 2.45) is 5.41 Å². The molecule has 3 nitrogen and oxygen atoms in total. The molecule has 1 fully saturated rings. The van der Waals surface area contributed by atoms with E-state index in [2.05, 4.69) is 13.8 Å². The Morgan fingerprint density at radius 2 is 1.94 bits per heavy atom. The van der Waals surface area contributed by atoms with Crippen LogP contribution >= 0.6 is 0 Å². The topological polar surface area (TPSA) is 35.5 Å². The maximum absolute atomic E-state index is 12.0. The van der Waals surface area contributed by atoms with Gasteiger partial charge in [-0.1, -0.05) is 26.0 Å². The largest absolute Gasteiger partial charge is 0.497 e. The summed E-state index contributed by atoms with van der Waals surface area (Å²) in [6, 6.07) is 7.68. The van der Waals surface area contributed by atoms with Gasteiger partial charge in [-0.05, 0) is 29.5 Å². The lowest BCUT2D eigenvalue weighted by atomic mass is 9.88. The van der Waals surface area contributed by atoms with E-state index < -0.39 is 5.41 Å². The molecule has 92 valence electrons. The first-order valence-electron chi connectivity index (χ1n) is 5.71. The summed E-state index contributed by atoms with van der Waals surface area (Å²) in [6.45, 7) is 4.17. The van der Waals surface area contributed by atoms with Crippen molar-refractivity contribution in [3.8, 4) is 5.75 Å². The van der Waals surface area contributed by atoms with Crippen molar-refractivity contribution in [3.63, 3.8) is 0 Å². The predicted octanol–water partition coefficient (Wildman–Crippen LogP) is 2.54. The Hall–Kier alpha value is -1.51. The number of rotatable bonds is 3. The van der Waals surface area contributed by atoms with Crippen molar-refractivity contribution >= 4 is 5.97 Å². The lowest BCUT2D eigenvalue weighted by Gasteiger charge is -2.19. The lowest BCUT2D eigenvalue weighted by molar-refractivity contribution is -0.144. The van der Waals surface area contributed by atoms with Gasteiger partial charge in [0, 0.05) is 0 Å². The van der Waals surface area contributed by atoms with E-state index in [4.69, 9.17) is 9.47 Å². The summed E-state index contributed by atoms with van der Waals surface area (Å²) in [6.07, 6.45) is 0.819. The van der Waals surface area contributed by atoms with Crippen molar-refractivity contribution in [1.82, 2.24) is 0 Å². The van der Waals surface area contributed by atoms with E-state index in [-0.39, 0.29) is 11.4 Å². The Balaban J connectivity index is 2.45. The standard InChI is InChI=1S/C14H18O3/c1-13(2)9-14(13,12(15)17-4)10-6-5-7-11(8-10)16-3/h5-8H,9H2,1-4H3. The van der Waals surface area contributed by atoms with Crippen LogP contribution < -0.4 is 4.74 Å². The molecule has 0 heterocycles. The van der Waals surface area contributed by atoms with Crippen molar-refractivity contribution in [3.05, 3.63) is 29.8 Å². The van der Waals surface area contributed by atoms with Crippen LogP contribution in [0, 0.1) is 5.41 Å². The van der Waals surface area contributed by atoms with E-state index in [0.29, 0.717) is 0 Å². The van der Waals surface area contributed by atoms with Crippen LogP contribution in [0.2, 0.25) is 0 Å². The molecule has 1 unspecified atom stereocenters. The normalized spacial score (nSPS) is 25.2. The molecule has 1 aliphatic rings. The minimum absolute atomic E-state index is 0.0491. The fourth-order valence-electron chi connectivity index (χ4n) is 2.64. The molecule has 1 aliphatic carbocycles. The van der Waals surface area contributed by atoms with E-state index in [9.17, 15) is 4.79 Å². The molecule has 0 spiro atoms. The van der Waals surface area contributed by atoms with Crippen LogP contribution in [0.25, 0.3) is 0 Å². The van der Waals surface area contributed by atoms with E-state index >= 15 is 0 Å². The summed E-state index contributed by atoms with van der Waals surface area (Å²) in [7, 11) is 3.07. The summed E-state index contributed by atoms with van der Waals surface area (Å²) in [5, 5.41) is 0. The van der Waals surface area contributed by atoms with Gasteiger partial charge in [0.05, 0.1) is 19.6 Å². The molecule has 0 amide bonds. The predicted molar refractivity (Wildman–Crippen MR) is 65.1 cm³/mol. The number of benzene rings is 1. The Labute approximate surface area is 102 Å². The van der Waals surface area contributed by atoms with Gasteiger partial charge in [-0.25, -0.2) is 0 Å². The monoisotopic (exact) mass is 234 g/mol. The van der Waals surface area contributed by atoms with Crippen LogP contribution in [0.3, 0.4) is 0 Å². The molecular formula is C14H18O3. The number of hydrogen-bond acceptors (Lipinski definition) is 3. The van der Waals surface area contributed by atoms with E-state index in [1.165, 1.54) is 7.11 Å². The molecule has 0 aliphatic heterocycles. The van der Waals surface area contributed by atoms with Crippen molar-refractivity contribution in [2.45, 2.75) is 25.7 Å². The van der Waals surface area contributed by atoms with Crippen LogP contribution in [-0.2, 0) is 14.9 Å². The van der Waals surface area contributed by atoms with Crippen molar-refractivity contribution < 1.29 is 14.3 Å². The highest BCUT2D eigenvalue weighted by Gasteiger charge is 2.68. The molecule has 3 heteroatoms. The van der Waals surface area contributed by atoms with Gasteiger partial charge in [0.2, 0.25) is 0 Å². The van der Waals surface area contributed by atoms with E-state index in [1.807, 2.05) is 24.3 Å². The quantitative estimate of drug-likeness (QED) is 0.754. The Bertz CT molecular complexity index is 451. The number of hydrogen-bond donors (Lipinski definition) is 0. The Morgan fingerprint density at radius 3 is 2.41 bits per heavy atom. The molecule has 0 saturated heterocycles. The molecule has 17 heavy (non-hydrogen) atoms. The van der Waals surface area contributed by atoms with Crippen LogP contribution in [0.15, 0.2) is 24.3 Å². The number of methoxy groups -OCH3 is 2. The maximum Gasteiger partial charge on any atom is 0.316 e. The van der Waals surface area contributed by atoms with Gasteiger partial charge in [-0.2, -0.15) is 0 Å². The number of esters is 1. The molecule has 1 aromatic rings. The lowest BCUT2D eigenvalue weighted by Crippen LogP contribution is -2.27. The van der Waals surface area contributed by atoms with Gasteiger partial charge in [0.1, 0.15) is 5.75 Å². The van der Waals surface area contributed by atoms with Gasteiger partial charge in [0.15, 0.2) is 0 Å². The summed E-state index contributed by atoms with van der Waals surface area (Å²) in [5.74, 6) is 0.615. The fourth-order valence-corrected chi connectivity index (χ4v) is 2.64. The van der Waals surface area contributed by atoms with Crippen molar-refractivity contribution in [2.75, 3.05) is 14.2 Å². The highest BCUT2D eigenvalue weighted by molar-refractivity contribution is 5.88. The zero-order valence-electron chi connectivity index (χ0n) is 10.7. The summed E-state index contributed by atoms with van der Waals surface area (Å²) >= 11 is 0. The first-order valence-corrected chi connectivity index (χ1v) is 5.71.